The van der Waals surface area contributed by atoms with Crippen LogP contribution >= 0.6 is 11.6 Å². The molecule has 6 heteroatoms. The summed E-state index contributed by atoms with van der Waals surface area (Å²) in [5.41, 5.74) is 1.37. The van der Waals surface area contributed by atoms with E-state index in [0.29, 0.717) is 11.3 Å². The van der Waals surface area contributed by atoms with Gasteiger partial charge in [0.15, 0.2) is 5.82 Å². The highest BCUT2D eigenvalue weighted by molar-refractivity contribution is 6.20. The van der Waals surface area contributed by atoms with Gasteiger partial charge in [0.1, 0.15) is 11.6 Å². The molecular weight excluding hydrogens is 267 g/mol. The van der Waals surface area contributed by atoms with Gasteiger partial charge in [0.2, 0.25) is 0 Å². The molecule has 0 aliphatic heterocycles. The van der Waals surface area contributed by atoms with E-state index >= 15 is 0 Å². The van der Waals surface area contributed by atoms with Crippen LogP contribution in [0.1, 0.15) is 18.1 Å². The van der Waals surface area contributed by atoms with Crippen LogP contribution in [0.25, 0.3) is 16.9 Å². The lowest BCUT2D eigenvalue weighted by atomic mass is 10.3. The molecule has 0 saturated carbocycles. The summed E-state index contributed by atoms with van der Waals surface area (Å²) in [7, 11) is 1.84. The summed E-state index contributed by atoms with van der Waals surface area (Å²) in [6.45, 7) is 1.83. The van der Waals surface area contributed by atoms with Crippen molar-refractivity contribution in [3.63, 3.8) is 0 Å². The molecule has 1 atom stereocenters. The monoisotopic (exact) mass is 278 g/mol. The molecule has 0 aliphatic rings. The predicted molar refractivity (Wildman–Crippen MR) is 72.1 cm³/mol. The third kappa shape index (κ3) is 2.00. The van der Waals surface area contributed by atoms with Gasteiger partial charge in [-0.15, -0.1) is 11.6 Å². The fraction of sp³-hybridized carbons (Fsp3) is 0.231. The van der Waals surface area contributed by atoms with E-state index < -0.39 is 0 Å². The van der Waals surface area contributed by atoms with E-state index in [4.69, 9.17) is 11.6 Å². The van der Waals surface area contributed by atoms with Crippen molar-refractivity contribution >= 4 is 22.6 Å². The van der Waals surface area contributed by atoms with Crippen molar-refractivity contribution in [2.24, 2.45) is 7.05 Å². The molecule has 0 saturated heterocycles. The van der Waals surface area contributed by atoms with Crippen LogP contribution in [0.5, 0.6) is 0 Å². The summed E-state index contributed by atoms with van der Waals surface area (Å²) >= 11 is 6.16. The number of fused-ring (bicyclic) bond motifs is 1. The Morgan fingerprint density at radius 3 is 2.74 bits per heavy atom. The maximum atomic E-state index is 13.3. The molecule has 4 nitrogen and oxygen atoms in total. The highest BCUT2D eigenvalue weighted by Gasteiger charge is 2.18. The average Bonchev–Trinajstić information content (AvgIpc) is 2.91. The molecule has 2 aromatic heterocycles. The standard InChI is InChI=1S/C13H12ClFN4/c1-8(14)13-16-10-7-9(15)3-4-11(10)19(13)12-5-6-18(2)17-12/h3-8H,1-2H3. The summed E-state index contributed by atoms with van der Waals surface area (Å²) in [6, 6.07) is 6.37. The van der Waals surface area contributed by atoms with E-state index in [1.807, 2.05) is 30.8 Å². The number of rotatable bonds is 2. The average molecular weight is 279 g/mol. The highest BCUT2D eigenvalue weighted by atomic mass is 35.5. The van der Waals surface area contributed by atoms with Gasteiger partial charge in [-0.25, -0.2) is 9.37 Å². The Balaban J connectivity index is 2.34. The first-order valence-electron chi connectivity index (χ1n) is 5.88. The van der Waals surface area contributed by atoms with Crippen molar-refractivity contribution in [2.45, 2.75) is 12.3 Å². The van der Waals surface area contributed by atoms with Crippen molar-refractivity contribution in [3.05, 3.63) is 42.1 Å². The van der Waals surface area contributed by atoms with Gasteiger partial charge in [-0.3, -0.25) is 9.25 Å². The first-order chi connectivity index (χ1) is 9.06. The lowest BCUT2D eigenvalue weighted by molar-refractivity contribution is 0.629. The maximum Gasteiger partial charge on any atom is 0.160 e. The van der Waals surface area contributed by atoms with Crippen molar-refractivity contribution in [1.29, 1.82) is 0 Å². The molecule has 0 spiro atoms. The smallest absolute Gasteiger partial charge is 0.160 e. The highest BCUT2D eigenvalue weighted by Crippen LogP contribution is 2.27. The Bertz CT molecular complexity index is 744. The van der Waals surface area contributed by atoms with Crippen molar-refractivity contribution in [2.75, 3.05) is 0 Å². The summed E-state index contributed by atoms with van der Waals surface area (Å²) in [5.74, 6) is 1.06. The summed E-state index contributed by atoms with van der Waals surface area (Å²) in [5, 5.41) is 4.06. The maximum absolute atomic E-state index is 13.3. The molecule has 19 heavy (non-hydrogen) atoms. The quantitative estimate of drug-likeness (QED) is 0.675. The third-order valence-electron chi connectivity index (χ3n) is 2.93. The van der Waals surface area contributed by atoms with E-state index in [1.165, 1.54) is 12.1 Å². The summed E-state index contributed by atoms with van der Waals surface area (Å²) in [4.78, 5) is 4.40. The van der Waals surface area contributed by atoms with E-state index in [0.717, 1.165) is 11.3 Å². The first-order valence-corrected chi connectivity index (χ1v) is 6.32. The second-order valence-electron chi connectivity index (χ2n) is 4.40. The minimum Gasteiger partial charge on any atom is -0.278 e. The Hall–Kier alpha value is -1.88. The van der Waals surface area contributed by atoms with Gasteiger partial charge in [-0.2, -0.15) is 5.10 Å². The lowest BCUT2D eigenvalue weighted by Crippen LogP contribution is -2.03. The number of nitrogens with zero attached hydrogens (tertiary/aromatic N) is 4. The summed E-state index contributed by atoms with van der Waals surface area (Å²) < 4.78 is 16.8. The molecule has 3 rings (SSSR count). The number of aryl methyl sites for hydroxylation is 1. The normalized spacial score (nSPS) is 13.1. The minimum atomic E-state index is -0.313. The Morgan fingerprint density at radius 2 is 2.11 bits per heavy atom. The topological polar surface area (TPSA) is 35.6 Å². The van der Waals surface area contributed by atoms with Crippen LogP contribution < -0.4 is 0 Å². The van der Waals surface area contributed by atoms with Gasteiger partial charge >= 0.3 is 0 Å². The molecular formula is C13H12ClFN4. The zero-order valence-electron chi connectivity index (χ0n) is 10.5. The van der Waals surface area contributed by atoms with Crippen LogP contribution in [-0.2, 0) is 7.05 Å². The lowest BCUT2D eigenvalue weighted by Gasteiger charge is -2.07. The zero-order chi connectivity index (χ0) is 13.6. The van der Waals surface area contributed by atoms with E-state index in [-0.39, 0.29) is 11.2 Å². The van der Waals surface area contributed by atoms with Gasteiger partial charge in [0.25, 0.3) is 0 Å². The van der Waals surface area contributed by atoms with Gasteiger partial charge < -0.3 is 0 Å². The third-order valence-corrected chi connectivity index (χ3v) is 3.12. The van der Waals surface area contributed by atoms with Crippen molar-refractivity contribution in [3.8, 4) is 5.82 Å². The fourth-order valence-electron chi connectivity index (χ4n) is 2.10. The van der Waals surface area contributed by atoms with Crippen LogP contribution in [0.3, 0.4) is 0 Å². The van der Waals surface area contributed by atoms with Gasteiger partial charge in [0, 0.05) is 25.4 Å². The second-order valence-corrected chi connectivity index (χ2v) is 5.06. The molecule has 1 unspecified atom stereocenters. The molecule has 0 amide bonds. The van der Waals surface area contributed by atoms with Crippen LogP contribution in [0.2, 0.25) is 0 Å². The number of aromatic nitrogens is 4. The molecule has 0 fully saturated rings. The molecule has 0 N–H and O–H groups in total. The van der Waals surface area contributed by atoms with Gasteiger partial charge in [-0.1, -0.05) is 0 Å². The Morgan fingerprint density at radius 1 is 1.32 bits per heavy atom. The fourth-order valence-corrected chi connectivity index (χ4v) is 2.25. The van der Waals surface area contributed by atoms with Crippen LogP contribution in [0.4, 0.5) is 4.39 Å². The predicted octanol–water partition coefficient (Wildman–Crippen LogP) is 3.20. The number of halogens is 2. The molecule has 98 valence electrons. The number of hydrogen-bond donors (Lipinski definition) is 0. The Labute approximate surface area is 114 Å². The van der Waals surface area contributed by atoms with E-state index in [1.54, 1.807) is 10.7 Å². The summed E-state index contributed by atoms with van der Waals surface area (Å²) in [6.07, 6.45) is 1.84. The molecule has 0 aliphatic carbocycles. The molecule has 1 aromatic carbocycles. The van der Waals surface area contributed by atoms with Gasteiger partial charge in [0.05, 0.1) is 16.4 Å². The molecule has 0 bridgehead atoms. The van der Waals surface area contributed by atoms with Crippen LogP contribution in [0, 0.1) is 5.82 Å². The Kier molecular flexibility index (Phi) is 2.78. The van der Waals surface area contributed by atoms with Crippen molar-refractivity contribution < 1.29 is 4.39 Å². The van der Waals surface area contributed by atoms with Crippen LogP contribution in [0.15, 0.2) is 30.5 Å². The van der Waals surface area contributed by atoms with E-state index in [2.05, 4.69) is 10.1 Å². The number of hydrogen-bond acceptors (Lipinski definition) is 2. The minimum absolute atomic E-state index is 0.294. The SMILES string of the molecule is CC(Cl)c1nc2cc(F)ccc2n1-c1ccn(C)n1. The van der Waals surface area contributed by atoms with Crippen LogP contribution in [-0.4, -0.2) is 19.3 Å². The first kappa shape index (κ1) is 12.2. The number of alkyl halides is 1. The van der Waals surface area contributed by atoms with E-state index in [9.17, 15) is 4.39 Å². The van der Waals surface area contributed by atoms with Crippen molar-refractivity contribution in [1.82, 2.24) is 19.3 Å². The molecule has 2 heterocycles. The number of imidazole rings is 1. The molecule has 0 radical (unpaired) electrons. The number of benzene rings is 1. The second kappa shape index (κ2) is 4.35. The zero-order valence-corrected chi connectivity index (χ0v) is 11.3. The molecule has 3 aromatic rings. The largest absolute Gasteiger partial charge is 0.278 e. The van der Waals surface area contributed by atoms with Gasteiger partial charge in [-0.05, 0) is 19.1 Å².